The normalized spacial score (nSPS) is 20.7. The molecule has 0 radical (unpaired) electrons. The molecule has 0 aromatic heterocycles. The van der Waals surface area contributed by atoms with E-state index in [0.717, 1.165) is 32.2 Å². The van der Waals surface area contributed by atoms with Crippen molar-refractivity contribution in [2.75, 3.05) is 32.7 Å². The number of Topliss-reactive ketones (excluding diaryl/α,β-unsaturated/α-hetero) is 1. The van der Waals surface area contributed by atoms with Gasteiger partial charge in [-0.1, -0.05) is 13.0 Å². The molecule has 0 saturated carbocycles. The van der Waals surface area contributed by atoms with E-state index < -0.39 is 11.6 Å². The van der Waals surface area contributed by atoms with Gasteiger partial charge in [0.05, 0.1) is 5.56 Å². The molecule has 5 heteroatoms. The molecule has 0 aliphatic carbocycles. The number of nitrogens with zero attached hydrogens (tertiary/aromatic N) is 2. The Hall–Kier alpha value is -1.33. The Balaban J connectivity index is 1.89. The first-order valence-electron chi connectivity index (χ1n) is 7.46. The molecule has 116 valence electrons. The van der Waals surface area contributed by atoms with Crippen molar-refractivity contribution in [1.29, 1.82) is 0 Å². The maximum absolute atomic E-state index is 13.6. The molecule has 1 heterocycles. The number of piperazine rings is 1. The van der Waals surface area contributed by atoms with Crippen LogP contribution in [0.4, 0.5) is 8.78 Å². The maximum Gasteiger partial charge on any atom is 0.169 e. The van der Waals surface area contributed by atoms with Crippen LogP contribution in [0.15, 0.2) is 18.2 Å². The summed E-state index contributed by atoms with van der Waals surface area (Å²) in [5, 5.41) is 0. The standard InChI is InChI=1S/C16H22F2N2O/c1-3-20-10-9-19(11-12(20)2)8-7-15(21)13-5-4-6-14(17)16(13)18/h4-6,12H,3,7-11H2,1-2H3. The molecule has 1 aliphatic heterocycles. The second-order valence-corrected chi connectivity index (χ2v) is 5.55. The zero-order valence-corrected chi connectivity index (χ0v) is 12.6. The molecule has 1 fully saturated rings. The lowest BCUT2D eigenvalue weighted by molar-refractivity contribution is 0.0794. The van der Waals surface area contributed by atoms with Crippen molar-refractivity contribution in [3.05, 3.63) is 35.4 Å². The zero-order chi connectivity index (χ0) is 15.4. The molecular weight excluding hydrogens is 274 g/mol. The summed E-state index contributed by atoms with van der Waals surface area (Å²) in [6, 6.07) is 4.20. The highest BCUT2D eigenvalue weighted by Crippen LogP contribution is 2.15. The third-order valence-corrected chi connectivity index (χ3v) is 4.16. The van der Waals surface area contributed by atoms with Crippen molar-refractivity contribution in [3.63, 3.8) is 0 Å². The number of carbonyl (C=O) groups excluding carboxylic acids is 1. The first-order chi connectivity index (χ1) is 10.0. The van der Waals surface area contributed by atoms with Gasteiger partial charge in [0, 0.05) is 38.6 Å². The monoisotopic (exact) mass is 296 g/mol. The lowest BCUT2D eigenvalue weighted by Gasteiger charge is -2.39. The Bertz CT molecular complexity index is 507. The van der Waals surface area contributed by atoms with E-state index in [1.165, 1.54) is 12.1 Å². The zero-order valence-electron chi connectivity index (χ0n) is 12.6. The van der Waals surface area contributed by atoms with Crippen LogP contribution in [0.1, 0.15) is 30.6 Å². The molecule has 1 saturated heterocycles. The first kappa shape index (κ1) is 16.0. The highest BCUT2D eigenvalue weighted by Gasteiger charge is 2.23. The van der Waals surface area contributed by atoms with Crippen LogP contribution in [0.25, 0.3) is 0 Å². The number of benzene rings is 1. The molecule has 1 aliphatic rings. The molecule has 1 aromatic rings. The van der Waals surface area contributed by atoms with Crippen molar-refractivity contribution < 1.29 is 13.6 Å². The molecule has 21 heavy (non-hydrogen) atoms. The number of hydrogen-bond acceptors (Lipinski definition) is 3. The molecule has 1 unspecified atom stereocenters. The van der Waals surface area contributed by atoms with E-state index in [1.54, 1.807) is 0 Å². The van der Waals surface area contributed by atoms with Gasteiger partial charge >= 0.3 is 0 Å². The van der Waals surface area contributed by atoms with Gasteiger partial charge in [-0.2, -0.15) is 0 Å². The van der Waals surface area contributed by atoms with E-state index in [2.05, 4.69) is 23.6 Å². The summed E-state index contributed by atoms with van der Waals surface area (Å²) in [6.07, 6.45) is 0.221. The minimum absolute atomic E-state index is 0.143. The van der Waals surface area contributed by atoms with E-state index >= 15 is 0 Å². The molecule has 0 bridgehead atoms. The lowest BCUT2D eigenvalue weighted by Crippen LogP contribution is -2.51. The number of rotatable bonds is 5. The molecule has 0 amide bonds. The first-order valence-corrected chi connectivity index (χ1v) is 7.46. The van der Waals surface area contributed by atoms with E-state index in [-0.39, 0.29) is 17.8 Å². The van der Waals surface area contributed by atoms with Crippen molar-refractivity contribution in [3.8, 4) is 0 Å². The van der Waals surface area contributed by atoms with Gasteiger partial charge in [0.15, 0.2) is 17.4 Å². The van der Waals surface area contributed by atoms with Crippen LogP contribution in [-0.4, -0.2) is 54.3 Å². The van der Waals surface area contributed by atoms with Crippen LogP contribution in [-0.2, 0) is 0 Å². The predicted molar refractivity (Wildman–Crippen MR) is 78.5 cm³/mol. The van der Waals surface area contributed by atoms with Gasteiger partial charge < -0.3 is 4.90 Å². The fourth-order valence-corrected chi connectivity index (χ4v) is 2.86. The quantitative estimate of drug-likeness (QED) is 0.780. The van der Waals surface area contributed by atoms with Gasteiger partial charge in [0.1, 0.15) is 0 Å². The minimum Gasteiger partial charge on any atom is -0.300 e. The van der Waals surface area contributed by atoms with E-state index in [9.17, 15) is 13.6 Å². The summed E-state index contributed by atoms with van der Waals surface area (Å²) in [6.45, 7) is 8.75. The highest BCUT2D eigenvalue weighted by molar-refractivity contribution is 5.96. The summed E-state index contributed by atoms with van der Waals surface area (Å²) in [5.41, 5.74) is -0.143. The molecule has 1 atom stereocenters. The van der Waals surface area contributed by atoms with Crippen LogP contribution >= 0.6 is 0 Å². The van der Waals surface area contributed by atoms with E-state index in [0.29, 0.717) is 12.6 Å². The van der Waals surface area contributed by atoms with Gasteiger partial charge in [-0.15, -0.1) is 0 Å². The fraction of sp³-hybridized carbons (Fsp3) is 0.562. The number of ketones is 1. The van der Waals surface area contributed by atoms with Gasteiger partial charge in [-0.3, -0.25) is 9.69 Å². The average Bonchev–Trinajstić information content (AvgIpc) is 2.47. The van der Waals surface area contributed by atoms with Crippen molar-refractivity contribution in [2.24, 2.45) is 0 Å². The third kappa shape index (κ3) is 3.86. The molecule has 2 rings (SSSR count). The molecular formula is C16H22F2N2O. The van der Waals surface area contributed by atoms with Crippen LogP contribution in [0.3, 0.4) is 0 Å². The molecule has 3 nitrogen and oxygen atoms in total. The van der Waals surface area contributed by atoms with Gasteiger partial charge in [-0.25, -0.2) is 8.78 Å². The van der Waals surface area contributed by atoms with Crippen molar-refractivity contribution in [2.45, 2.75) is 26.3 Å². The average molecular weight is 296 g/mol. The highest BCUT2D eigenvalue weighted by atomic mass is 19.2. The predicted octanol–water partition coefficient (Wildman–Crippen LogP) is 2.56. The Kier molecular flexibility index (Phi) is 5.42. The van der Waals surface area contributed by atoms with Crippen LogP contribution in [0, 0.1) is 11.6 Å². The van der Waals surface area contributed by atoms with Crippen LogP contribution in [0.5, 0.6) is 0 Å². The van der Waals surface area contributed by atoms with E-state index in [4.69, 9.17) is 0 Å². The van der Waals surface area contributed by atoms with Crippen LogP contribution in [0.2, 0.25) is 0 Å². The minimum atomic E-state index is -1.04. The molecule has 0 spiro atoms. The fourth-order valence-electron chi connectivity index (χ4n) is 2.86. The third-order valence-electron chi connectivity index (χ3n) is 4.16. The summed E-state index contributed by atoms with van der Waals surface area (Å²) in [5.74, 6) is -2.34. The second-order valence-electron chi connectivity index (χ2n) is 5.55. The lowest BCUT2D eigenvalue weighted by atomic mass is 10.1. The SMILES string of the molecule is CCN1CCN(CCC(=O)c2cccc(F)c2F)CC1C. The number of halogens is 2. The Labute approximate surface area is 124 Å². The van der Waals surface area contributed by atoms with Crippen molar-refractivity contribution in [1.82, 2.24) is 9.80 Å². The molecule has 1 aromatic carbocycles. The summed E-state index contributed by atoms with van der Waals surface area (Å²) in [7, 11) is 0. The van der Waals surface area contributed by atoms with Crippen LogP contribution < -0.4 is 0 Å². The Morgan fingerprint density at radius 1 is 1.33 bits per heavy atom. The smallest absolute Gasteiger partial charge is 0.169 e. The largest absolute Gasteiger partial charge is 0.300 e. The van der Waals surface area contributed by atoms with Crippen molar-refractivity contribution >= 4 is 5.78 Å². The van der Waals surface area contributed by atoms with Gasteiger partial charge in [-0.05, 0) is 25.6 Å². The summed E-state index contributed by atoms with van der Waals surface area (Å²) < 4.78 is 26.7. The number of hydrogen-bond donors (Lipinski definition) is 0. The number of carbonyl (C=O) groups is 1. The van der Waals surface area contributed by atoms with E-state index in [1.807, 2.05) is 0 Å². The van der Waals surface area contributed by atoms with Gasteiger partial charge in [0.25, 0.3) is 0 Å². The number of likely N-dealkylation sites (N-methyl/N-ethyl adjacent to an activating group) is 1. The topological polar surface area (TPSA) is 23.6 Å². The Morgan fingerprint density at radius 2 is 2.10 bits per heavy atom. The second kappa shape index (κ2) is 7.09. The maximum atomic E-state index is 13.6. The molecule has 0 N–H and O–H groups in total. The van der Waals surface area contributed by atoms with Gasteiger partial charge in [0.2, 0.25) is 0 Å². The Morgan fingerprint density at radius 3 is 2.76 bits per heavy atom. The summed E-state index contributed by atoms with van der Waals surface area (Å²) >= 11 is 0. The summed E-state index contributed by atoms with van der Waals surface area (Å²) in [4.78, 5) is 16.6.